The van der Waals surface area contributed by atoms with Crippen LogP contribution in [0.5, 0.6) is 0 Å². The fourth-order valence-electron chi connectivity index (χ4n) is 2.30. The van der Waals surface area contributed by atoms with Crippen molar-refractivity contribution in [2.45, 2.75) is 84.0 Å². The second-order valence-corrected chi connectivity index (χ2v) is 5.40. The lowest BCUT2D eigenvalue weighted by molar-refractivity contribution is -0.136. The molecule has 3 nitrogen and oxygen atoms in total. The standard InChI is InChI=1S/C17H32O3/c1-3-4-5-6-7-8-9-10-11-12-13-14-15-16(20-2)17(18)19/h15H,3-14H2,1-2H3,(H,18,19)/b16-15-. The Balaban J connectivity index is 3.26. The topological polar surface area (TPSA) is 46.5 Å². The maximum atomic E-state index is 10.7. The molecule has 0 aliphatic rings. The molecule has 0 spiro atoms. The zero-order valence-electron chi connectivity index (χ0n) is 13.3. The fraction of sp³-hybridized carbons (Fsp3) is 0.824. The van der Waals surface area contributed by atoms with E-state index in [-0.39, 0.29) is 5.76 Å². The number of hydrogen-bond acceptors (Lipinski definition) is 2. The average molecular weight is 284 g/mol. The van der Waals surface area contributed by atoms with Crippen LogP contribution in [0.1, 0.15) is 84.0 Å². The molecule has 1 N–H and O–H groups in total. The fourth-order valence-corrected chi connectivity index (χ4v) is 2.30. The van der Waals surface area contributed by atoms with E-state index < -0.39 is 5.97 Å². The Bertz CT molecular complexity index is 259. The van der Waals surface area contributed by atoms with Gasteiger partial charge in [0, 0.05) is 0 Å². The monoisotopic (exact) mass is 284 g/mol. The van der Waals surface area contributed by atoms with E-state index in [0.29, 0.717) is 0 Å². The zero-order valence-corrected chi connectivity index (χ0v) is 13.3. The van der Waals surface area contributed by atoms with Gasteiger partial charge in [-0.3, -0.25) is 0 Å². The molecule has 0 bridgehead atoms. The summed E-state index contributed by atoms with van der Waals surface area (Å²) in [5.74, 6) is -0.910. The summed E-state index contributed by atoms with van der Waals surface area (Å²) < 4.78 is 4.77. The SMILES string of the molecule is CCCCCCCCCCCCC/C=C(\OC)C(=O)O. The summed E-state index contributed by atoms with van der Waals surface area (Å²) in [5, 5.41) is 8.76. The van der Waals surface area contributed by atoms with Crippen LogP contribution in [0.2, 0.25) is 0 Å². The molecule has 0 saturated heterocycles. The molecule has 0 amide bonds. The van der Waals surface area contributed by atoms with E-state index in [9.17, 15) is 4.79 Å². The third-order valence-corrected chi connectivity index (χ3v) is 3.57. The van der Waals surface area contributed by atoms with Crippen molar-refractivity contribution < 1.29 is 14.6 Å². The van der Waals surface area contributed by atoms with Crippen molar-refractivity contribution in [3.63, 3.8) is 0 Å². The van der Waals surface area contributed by atoms with Crippen molar-refractivity contribution in [3.8, 4) is 0 Å². The Morgan fingerprint density at radius 3 is 1.75 bits per heavy atom. The number of aliphatic carboxylic acids is 1. The van der Waals surface area contributed by atoms with E-state index in [1.54, 1.807) is 6.08 Å². The van der Waals surface area contributed by atoms with Gasteiger partial charge >= 0.3 is 5.97 Å². The van der Waals surface area contributed by atoms with Crippen LogP contribution in [0.3, 0.4) is 0 Å². The predicted molar refractivity (Wildman–Crippen MR) is 83.8 cm³/mol. The number of rotatable bonds is 14. The van der Waals surface area contributed by atoms with E-state index in [0.717, 1.165) is 12.8 Å². The Labute approximate surface area is 124 Å². The maximum absolute atomic E-state index is 10.7. The van der Waals surface area contributed by atoms with Crippen LogP contribution < -0.4 is 0 Å². The van der Waals surface area contributed by atoms with E-state index in [1.807, 2.05) is 0 Å². The Morgan fingerprint density at radius 1 is 0.900 bits per heavy atom. The molecule has 20 heavy (non-hydrogen) atoms. The third-order valence-electron chi connectivity index (χ3n) is 3.57. The Kier molecular flexibility index (Phi) is 13.7. The van der Waals surface area contributed by atoms with Gasteiger partial charge in [-0.1, -0.05) is 71.1 Å². The van der Waals surface area contributed by atoms with Gasteiger partial charge in [0.15, 0.2) is 5.76 Å². The van der Waals surface area contributed by atoms with E-state index in [1.165, 1.54) is 71.3 Å². The van der Waals surface area contributed by atoms with Gasteiger partial charge in [0.25, 0.3) is 0 Å². The highest BCUT2D eigenvalue weighted by atomic mass is 16.5. The average Bonchev–Trinajstić information content (AvgIpc) is 2.43. The number of hydrogen-bond donors (Lipinski definition) is 1. The van der Waals surface area contributed by atoms with Gasteiger partial charge in [-0.2, -0.15) is 0 Å². The van der Waals surface area contributed by atoms with Crippen LogP contribution in [0.4, 0.5) is 0 Å². The summed E-state index contributed by atoms with van der Waals surface area (Å²) in [4.78, 5) is 10.7. The predicted octanol–water partition coefficient (Wildman–Crippen LogP) is 5.30. The van der Waals surface area contributed by atoms with Crippen LogP contribution >= 0.6 is 0 Å². The first-order valence-corrected chi connectivity index (χ1v) is 8.19. The molecule has 0 aliphatic carbocycles. The molecule has 0 fully saturated rings. The van der Waals surface area contributed by atoms with Gasteiger partial charge < -0.3 is 9.84 Å². The van der Waals surface area contributed by atoms with Gasteiger partial charge in [-0.15, -0.1) is 0 Å². The second kappa shape index (κ2) is 14.4. The van der Waals surface area contributed by atoms with Crippen molar-refractivity contribution in [1.29, 1.82) is 0 Å². The maximum Gasteiger partial charge on any atom is 0.370 e. The minimum Gasteiger partial charge on any atom is -0.490 e. The van der Waals surface area contributed by atoms with Crippen LogP contribution in [0, 0.1) is 0 Å². The summed E-state index contributed by atoms with van der Waals surface area (Å²) in [7, 11) is 1.40. The minimum atomic E-state index is -0.976. The van der Waals surface area contributed by atoms with Crippen molar-refractivity contribution >= 4 is 5.97 Å². The van der Waals surface area contributed by atoms with Gasteiger partial charge in [0.2, 0.25) is 0 Å². The largest absolute Gasteiger partial charge is 0.490 e. The number of ether oxygens (including phenoxy) is 1. The number of allylic oxidation sites excluding steroid dienone is 1. The zero-order chi connectivity index (χ0) is 15.1. The molecular weight excluding hydrogens is 252 g/mol. The van der Waals surface area contributed by atoms with Gasteiger partial charge in [-0.05, 0) is 18.9 Å². The first-order chi connectivity index (χ1) is 9.72. The third kappa shape index (κ3) is 12.1. The molecule has 0 aromatic carbocycles. The highest BCUT2D eigenvalue weighted by Gasteiger charge is 2.04. The number of unbranched alkanes of at least 4 members (excludes halogenated alkanes) is 11. The lowest BCUT2D eigenvalue weighted by Gasteiger charge is -2.02. The van der Waals surface area contributed by atoms with Crippen LogP contribution in [0.25, 0.3) is 0 Å². The highest BCUT2D eigenvalue weighted by molar-refractivity contribution is 5.84. The molecule has 0 atom stereocenters. The molecule has 0 rings (SSSR count). The lowest BCUT2D eigenvalue weighted by Crippen LogP contribution is -2.02. The quantitative estimate of drug-likeness (QED) is 0.267. The van der Waals surface area contributed by atoms with E-state index >= 15 is 0 Å². The molecule has 118 valence electrons. The number of carboxylic acid groups (broad SMARTS) is 1. The van der Waals surface area contributed by atoms with E-state index in [4.69, 9.17) is 9.84 Å². The van der Waals surface area contributed by atoms with Crippen molar-refractivity contribution in [2.24, 2.45) is 0 Å². The van der Waals surface area contributed by atoms with Gasteiger partial charge in [0.05, 0.1) is 7.11 Å². The normalized spacial score (nSPS) is 11.6. The van der Waals surface area contributed by atoms with E-state index in [2.05, 4.69) is 6.92 Å². The molecule has 0 saturated carbocycles. The molecule has 0 unspecified atom stereocenters. The second-order valence-electron chi connectivity index (χ2n) is 5.40. The van der Waals surface area contributed by atoms with Crippen molar-refractivity contribution in [2.75, 3.05) is 7.11 Å². The summed E-state index contributed by atoms with van der Waals surface area (Å²) in [6.07, 6.45) is 16.9. The molecular formula is C17H32O3. The molecule has 0 aliphatic heterocycles. The van der Waals surface area contributed by atoms with Gasteiger partial charge in [0.1, 0.15) is 0 Å². The highest BCUT2D eigenvalue weighted by Crippen LogP contribution is 2.12. The Morgan fingerprint density at radius 2 is 1.35 bits per heavy atom. The molecule has 3 heteroatoms. The first-order valence-electron chi connectivity index (χ1n) is 8.19. The molecule has 0 radical (unpaired) electrons. The Hall–Kier alpha value is -0.990. The summed E-state index contributed by atoms with van der Waals surface area (Å²) in [5.41, 5.74) is 0. The first kappa shape index (κ1) is 19.0. The minimum absolute atomic E-state index is 0.0667. The molecule has 0 aromatic rings. The summed E-state index contributed by atoms with van der Waals surface area (Å²) in [6.45, 7) is 2.25. The smallest absolute Gasteiger partial charge is 0.370 e. The lowest BCUT2D eigenvalue weighted by atomic mass is 10.1. The number of carbonyl (C=O) groups is 1. The van der Waals surface area contributed by atoms with Crippen molar-refractivity contribution in [1.82, 2.24) is 0 Å². The molecule has 0 heterocycles. The summed E-state index contributed by atoms with van der Waals surface area (Å²) >= 11 is 0. The number of carboxylic acids is 1. The van der Waals surface area contributed by atoms with Crippen LogP contribution in [0.15, 0.2) is 11.8 Å². The van der Waals surface area contributed by atoms with Crippen LogP contribution in [-0.4, -0.2) is 18.2 Å². The summed E-state index contributed by atoms with van der Waals surface area (Å²) in [6, 6.07) is 0. The van der Waals surface area contributed by atoms with Crippen LogP contribution in [-0.2, 0) is 9.53 Å². The number of methoxy groups -OCH3 is 1. The molecule has 0 aromatic heterocycles. The van der Waals surface area contributed by atoms with Gasteiger partial charge in [-0.25, -0.2) is 4.79 Å². The van der Waals surface area contributed by atoms with Crippen molar-refractivity contribution in [3.05, 3.63) is 11.8 Å².